The number of rotatable bonds is 4. The number of esters is 1. The average Bonchev–Trinajstić information content (AvgIpc) is 3.19. The van der Waals surface area contributed by atoms with Gasteiger partial charge in [-0.05, 0) is 37.5 Å². The fourth-order valence-electron chi connectivity index (χ4n) is 4.02. The molecular weight excluding hydrogens is 316 g/mol. The Morgan fingerprint density at radius 1 is 1.26 bits per heavy atom. The molecule has 2 amide bonds. The van der Waals surface area contributed by atoms with E-state index in [9.17, 15) is 13.8 Å². The third kappa shape index (κ3) is 2.99. The van der Waals surface area contributed by atoms with E-state index in [4.69, 9.17) is 4.74 Å². The average molecular weight is 342 g/mol. The van der Waals surface area contributed by atoms with E-state index in [1.807, 2.05) is 4.90 Å². The molecule has 0 aromatic rings. The molecule has 1 spiro atoms. The predicted molar refractivity (Wildman–Crippen MR) is 87.4 cm³/mol. The number of carbonyl (C=O) groups excluding carboxylic acids is 2. The Morgan fingerprint density at radius 2 is 1.91 bits per heavy atom. The van der Waals surface area contributed by atoms with Gasteiger partial charge in [0.1, 0.15) is 0 Å². The first kappa shape index (κ1) is 16.7. The number of ether oxygens (including phenoxy) is 1. The highest BCUT2D eigenvalue weighted by Crippen LogP contribution is 2.59. The van der Waals surface area contributed by atoms with Crippen molar-refractivity contribution < 1.29 is 18.5 Å². The molecule has 6 nitrogen and oxygen atoms in total. The molecule has 0 aromatic heterocycles. The van der Waals surface area contributed by atoms with Crippen LogP contribution in [0.3, 0.4) is 0 Å². The smallest absolute Gasteiger partial charge is 0.317 e. The lowest BCUT2D eigenvalue weighted by Crippen LogP contribution is -2.54. The van der Waals surface area contributed by atoms with Crippen molar-refractivity contribution in [3.63, 3.8) is 0 Å². The maximum Gasteiger partial charge on any atom is 0.317 e. The second-order valence-corrected chi connectivity index (χ2v) is 9.05. The first-order chi connectivity index (χ1) is 10.9. The molecule has 3 rings (SSSR count). The second kappa shape index (κ2) is 6.07. The molecule has 130 valence electrons. The molecule has 2 aliphatic carbocycles. The number of nitrogens with zero attached hydrogens (tertiary/aromatic N) is 1. The molecule has 7 heteroatoms. The summed E-state index contributed by atoms with van der Waals surface area (Å²) in [7, 11) is 0.534. The maximum atomic E-state index is 12.3. The third-order valence-electron chi connectivity index (χ3n) is 6.16. The van der Waals surface area contributed by atoms with Crippen molar-refractivity contribution in [2.75, 3.05) is 33.0 Å². The minimum absolute atomic E-state index is 0.0264. The molecule has 0 radical (unpaired) electrons. The van der Waals surface area contributed by atoms with Gasteiger partial charge in [-0.2, -0.15) is 0 Å². The van der Waals surface area contributed by atoms with Gasteiger partial charge in [0.15, 0.2) is 0 Å². The standard InChI is InChI=1S/C16H26N2O4S/c1-22-13(19)12-10-15(12)6-8-18(9-7-15)14(20)17-11-16(23(2)21)4-3-5-16/h12H,3-11H2,1-2H3,(H,17,20)/t12-,23-/m1/s1. The van der Waals surface area contributed by atoms with E-state index in [1.165, 1.54) is 7.11 Å². The van der Waals surface area contributed by atoms with E-state index in [1.54, 1.807) is 6.26 Å². The van der Waals surface area contributed by atoms with Crippen LogP contribution in [0.5, 0.6) is 0 Å². The van der Waals surface area contributed by atoms with Crippen LogP contribution in [0.25, 0.3) is 0 Å². The summed E-state index contributed by atoms with van der Waals surface area (Å²) in [4.78, 5) is 25.8. The summed E-state index contributed by atoms with van der Waals surface area (Å²) < 4.78 is 16.5. The van der Waals surface area contributed by atoms with Crippen LogP contribution in [0.2, 0.25) is 0 Å². The number of hydrogen-bond donors (Lipinski definition) is 1. The molecule has 1 N–H and O–H groups in total. The van der Waals surface area contributed by atoms with Crippen molar-refractivity contribution in [1.82, 2.24) is 10.2 Å². The SMILES string of the molecule is COC(=O)[C@H]1CC12CCN(C(=O)NCC1([S@@](C)=O)CCC1)CC2. The lowest BCUT2D eigenvalue weighted by atomic mass is 9.84. The number of piperidine rings is 1. The van der Waals surface area contributed by atoms with E-state index in [0.29, 0.717) is 19.6 Å². The minimum atomic E-state index is -0.902. The Bertz CT molecular complexity index is 524. The van der Waals surface area contributed by atoms with Crippen LogP contribution < -0.4 is 5.32 Å². The van der Waals surface area contributed by atoms with Gasteiger partial charge in [-0.15, -0.1) is 0 Å². The van der Waals surface area contributed by atoms with E-state index >= 15 is 0 Å². The zero-order valence-corrected chi connectivity index (χ0v) is 14.7. The number of likely N-dealkylation sites (tertiary alicyclic amines) is 1. The molecular formula is C16H26N2O4S. The predicted octanol–water partition coefficient (Wildman–Crippen LogP) is 1.27. The Balaban J connectivity index is 1.46. The number of nitrogens with one attached hydrogen (secondary N) is 1. The van der Waals surface area contributed by atoms with E-state index < -0.39 is 10.8 Å². The maximum absolute atomic E-state index is 12.3. The summed E-state index contributed by atoms with van der Waals surface area (Å²) in [6.07, 6.45) is 7.32. The Kier molecular flexibility index (Phi) is 4.42. The zero-order valence-electron chi connectivity index (χ0n) is 13.9. The van der Waals surface area contributed by atoms with Gasteiger partial charge in [0.25, 0.3) is 0 Å². The third-order valence-corrected chi connectivity index (χ3v) is 7.93. The van der Waals surface area contributed by atoms with Gasteiger partial charge < -0.3 is 15.0 Å². The van der Waals surface area contributed by atoms with Crippen LogP contribution in [0.15, 0.2) is 0 Å². The van der Waals surface area contributed by atoms with Crippen molar-refractivity contribution in [2.24, 2.45) is 11.3 Å². The number of methoxy groups -OCH3 is 1. The van der Waals surface area contributed by atoms with Gasteiger partial charge >= 0.3 is 12.0 Å². The highest BCUT2D eigenvalue weighted by molar-refractivity contribution is 7.85. The summed E-state index contributed by atoms with van der Waals surface area (Å²) in [5.41, 5.74) is 0.0734. The molecule has 1 heterocycles. The van der Waals surface area contributed by atoms with Gasteiger partial charge in [-0.1, -0.05) is 6.42 Å². The van der Waals surface area contributed by atoms with E-state index in [0.717, 1.165) is 38.5 Å². The van der Waals surface area contributed by atoms with Gasteiger partial charge in [0.05, 0.1) is 17.8 Å². The second-order valence-electron chi connectivity index (χ2n) is 7.28. The van der Waals surface area contributed by atoms with Crippen molar-refractivity contribution in [3.8, 4) is 0 Å². The van der Waals surface area contributed by atoms with Gasteiger partial charge in [-0.3, -0.25) is 9.00 Å². The van der Waals surface area contributed by atoms with Crippen LogP contribution in [0.1, 0.15) is 38.5 Å². The van der Waals surface area contributed by atoms with Gasteiger partial charge in [0, 0.05) is 36.7 Å². The molecule has 0 unspecified atom stereocenters. The molecule has 1 saturated heterocycles. The molecule has 2 saturated carbocycles. The first-order valence-corrected chi connectivity index (χ1v) is 9.92. The van der Waals surface area contributed by atoms with Crippen LogP contribution in [0.4, 0.5) is 4.79 Å². The number of carbonyl (C=O) groups is 2. The van der Waals surface area contributed by atoms with Crippen LogP contribution in [-0.2, 0) is 20.3 Å². The molecule has 3 aliphatic rings. The Labute approximate surface area is 139 Å². The van der Waals surface area contributed by atoms with Crippen LogP contribution in [-0.4, -0.2) is 58.9 Å². The number of urea groups is 1. The highest BCUT2D eigenvalue weighted by atomic mass is 32.2. The molecule has 2 atom stereocenters. The Hall–Kier alpha value is -1.11. The summed E-state index contributed by atoms with van der Waals surface area (Å²) in [5, 5.41) is 2.97. The van der Waals surface area contributed by atoms with Crippen LogP contribution >= 0.6 is 0 Å². The van der Waals surface area contributed by atoms with Crippen molar-refractivity contribution in [2.45, 2.75) is 43.3 Å². The first-order valence-electron chi connectivity index (χ1n) is 8.37. The van der Waals surface area contributed by atoms with Crippen molar-refractivity contribution in [3.05, 3.63) is 0 Å². The van der Waals surface area contributed by atoms with Gasteiger partial charge in [0.2, 0.25) is 0 Å². The molecule has 0 aromatic carbocycles. The summed E-state index contributed by atoms with van der Waals surface area (Å²) in [6.45, 7) is 1.87. The van der Waals surface area contributed by atoms with Crippen LogP contribution in [0, 0.1) is 11.3 Å². The topological polar surface area (TPSA) is 75.7 Å². The van der Waals surface area contributed by atoms with E-state index in [2.05, 4.69) is 5.32 Å². The number of amides is 2. The summed E-state index contributed by atoms with van der Waals surface area (Å²) in [6, 6.07) is -0.0631. The normalized spacial score (nSPS) is 28.6. The molecule has 3 fully saturated rings. The van der Waals surface area contributed by atoms with Crippen molar-refractivity contribution in [1.29, 1.82) is 0 Å². The fourth-order valence-corrected chi connectivity index (χ4v) is 5.16. The van der Waals surface area contributed by atoms with E-state index in [-0.39, 0.29) is 28.1 Å². The minimum Gasteiger partial charge on any atom is -0.469 e. The van der Waals surface area contributed by atoms with Gasteiger partial charge in [-0.25, -0.2) is 4.79 Å². The lowest BCUT2D eigenvalue weighted by Gasteiger charge is -2.40. The Morgan fingerprint density at radius 3 is 2.39 bits per heavy atom. The summed E-state index contributed by atoms with van der Waals surface area (Å²) >= 11 is 0. The highest BCUT2D eigenvalue weighted by Gasteiger charge is 2.59. The zero-order chi connectivity index (χ0) is 16.7. The fraction of sp³-hybridized carbons (Fsp3) is 0.875. The molecule has 0 bridgehead atoms. The quantitative estimate of drug-likeness (QED) is 0.781. The largest absolute Gasteiger partial charge is 0.469 e. The summed E-state index contributed by atoms with van der Waals surface area (Å²) in [5.74, 6) is -0.0845. The number of hydrogen-bond acceptors (Lipinski definition) is 4. The lowest BCUT2D eigenvalue weighted by molar-refractivity contribution is -0.143. The molecule has 1 aliphatic heterocycles. The molecule has 23 heavy (non-hydrogen) atoms. The van der Waals surface area contributed by atoms with Crippen molar-refractivity contribution >= 4 is 22.8 Å². The monoisotopic (exact) mass is 342 g/mol.